The molecule has 1 aromatic rings. The van der Waals surface area contributed by atoms with Crippen molar-refractivity contribution in [3.63, 3.8) is 0 Å². The largest absolute Gasteiger partial charge is 0.478 e. The molecule has 0 saturated heterocycles. The van der Waals surface area contributed by atoms with Gasteiger partial charge < -0.3 is 10.4 Å². The molecular formula is C10H12N2O3S. The van der Waals surface area contributed by atoms with E-state index >= 15 is 0 Å². The number of aromatic nitrogens is 1. The zero-order valence-electron chi connectivity index (χ0n) is 8.67. The molecular weight excluding hydrogens is 228 g/mol. The number of aromatic carboxylic acids is 1. The third-order valence-electron chi connectivity index (χ3n) is 1.98. The minimum atomic E-state index is -1.06. The molecule has 0 aliphatic rings. The SMILES string of the molecule is CC(CS)C(=O)Nc1cc(C(=O)O)ccn1. The Labute approximate surface area is 98.3 Å². The average molecular weight is 240 g/mol. The Morgan fingerprint density at radius 3 is 2.88 bits per heavy atom. The smallest absolute Gasteiger partial charge is 0.335 e. The number of anilines is 1. The van der Waals surface area contributed by atoms with E-state index in [1.165, 1.54) is 18.3 Å². The van der Waals surface area contributed by atoms with E-state index in [1.807, 2.05) is 0 Å². The van der Waals surface area contributed by atoms with Gasteiger partial charge in [-0.15, -0.1) is 0 Å². The number of carbonyl (C=O) groups excluding carboxylic acids is 1. The Balaban J connectivity index is 2.78. The van der Waals surface area contributed by atoms with Crippen LogP contribution in [0.1, 0.15) is 17.3 Å². The molecule has 1 heterocycles. The zero-order chi connectivity index (χ0) is 12.1. The van der Waals surface area contributed by atoms with Gasteiger partial charge in [-0.05, 0) is 12.1 Å². The van der Waals surface area contributed by atoms with E-state index in [0.717, 1.165) is 0 Å². The van der Waals surface area contributed by atoms with Crippen LogP contribution in [0.2, 0.25) is 0 Å². The van der Waals surface area contributed by atoms with Crippen molar-refractivity contribution >= 4 is 30.3 Å². The van der Waals surface area contributed by atoms with E-state index in [2.05, 4.69) is 22.9 Å². The van der Waals surface area contributed by atoms with E-state index in [4.69, 9.17) is 5.11 Å². The van der Waals surface area contributed by atoms with E-state index < -0.39 is 5.97 Å². The topological polar surface area (TPSA) is 79.3 Å². The van der Waals surface area contributed by atoms with Crippen LogP contribution in [0, 0.1) is 5.92 Å². The molecule has 5 nitrogen and oxygen atoms in total. The number of nitrogens with one attached hydrogen (secondary N) is 1. The van der Waals surface area contributed by atoms with Gasteiger partial charge in [-0.3, -0.25) is 4.79 Å². The summed E-state index contributed by atoms with van der Waals surface area (Å²) in [5.41, 5.74) is 0.0869. The van der Waals surface area contributed by atoms with Gasteiger partial charge in [0, 0.05) is 17.9 Å². The van der Waals surface area contributed by atoms with Crippen molar-refractivity contribution in [1.29, 1.82) is 0 Å². The molecule has 0 fully saturated rings. The lowest BCUT2D eigenvalue weighted by atomic mass is 10.2. The Hall–Kier alpha value is -1.56. The normalized spacial score (nSPS) is 11.9. The predicted molar refractivity (Wildman–Crippen MR) is 62.8 cm³/mol. The van der Waals surface area contributed by atoms with Crippen molar-refractivity contribution in [2.24, 2.45) is 5.92 Å². The third kappa shape index (κ3) is 3.23. The van der Waals surface area contributed by atoms with Gasteiger partial charge in [0.05, 0.1) is 5.56 Å². The molecule has 0 aromatic carbocycles. The second-order valence-electron chi connectivity index (χ2n) is 3.31. The first-order chi connectivity index (χ1) is 7.54. The number of nitrogens with zero attached hydrogens (tertiary/aromatic N) is 1. The minimum Gasteiger partial charge on any atom is -0.478 e. The highest BCUT2D eigenvalue weighted by atomic mass is 32.1. The van der Waals surface area contributed by atoms with E-state index in [9.17, 15) is 9.59 Å². The van der Waals surface area contributed by atoms with Gasteiger partial charge in [0.25, 0.3) is 0 Å². The van der Waals surface area contributed by atoms with Crippen molar-refractivity contribution in [3.8, 4) is 0 Å². The molecule has 0 radical (unpaired) electrons. The molecule has 6 heteroatoms. The van der Waals surface area contributed by atoms with Crippen LogP contribution in [0.4, 0.5) is 5.82 Å². The number of pyridine rings is 1. The minimum absolute atomic E-state index is 0.0869. The predicted octanol–water partition coefficient (Wildman–Crippen LogP) is 1.28. The monoisotopic (exact) mass is 240 g/mol. The fourth-order valence-electron chi connectivity index (χ4n) is 0.964. The average Bonchev–Trinajstić information content (AvgIpc) is 2.28. The van der Waals surface area contributed by atoms with Gasteiger partial charge in [0.2, 0.25) is 5.91 Å². The van der Waals surface area contributed by atoms with Crippen molar-refractivity contribution in [3.05, 3.63) is 23.9 Å². The summed E-state index contributed by atoms with van der Waals surface area (Å²) in [6, 6.07) is 2.67. The van der Waals surface area contributed by atoms with Crippen LogP contribution in [0.5, 0.6) is 0 Å². The first-order valence-electron chi connectivity index (χ1n) is 4.65. The second kappa shape index (κ2) is 5.50. The summed E-state index contributed by atoms with van der Waals surface area (Å²) >= 11 is 4.00. The highest BCUT2D eigenvalue weighted by Gasteiger charge is 2.12. The first kappa shape index (κ1) is 12.5. The Bertz CT molecular complexity index is 409. The first-order valence-corrected chi connectivity index (χ1v) is 5.29. The Morgan fingerprint density at radius 2 is 2.31 bits per heavy atom. The van der Waals surface area contributed by atoms with Gasteiger partial charge in [-0.2, -0.15) is 12.6 Å². The zero-order valence-corrected chi connectivity index (χ0v) is 9.57. The van der Waals surface area contributed by atoms with Crippen molar-refractivity contribution in [2.75, 3.05) is 11.1 Å². The number of carbonyl (C=O) groups is 2. The van der Waals surface area contributed by atoms with Crippen LogP contribution in [0.25, 0.3) is 0 Å². The van der Waals surface area contributed by atoms with Gasteiger partial charge in [0.1, 0.15) is 5.82 Å². The van der Waals surface area contributed by atoms with Crippen molar-refractivity contribution < 1.29 is 14.7 Å². The number of hydrogen-bond donors (Lipinski definition) is 3. The summed E-state index contributed by atoms with van der Waals surface area (Å²) in [6.45, 7) is 1.73. The highest BCUT2D eigenvalue weighted by molar-refractivity contribution is 7.80. The molecule has 1 amide bonds. The van der Waals surface area contributed by atoms with E-state index in [1.54, 1.807) is 6.92 Å². The standard InChI is InChI=1S/C10H12N2O3S/c1-6(5-16)9(13)12-8-4-7(10(14)15)2-3-11-8/h2-4,6,16H,5H2,1H3,(H,14,15)(H,11,12,13). The highest BCUT2D eigenvalue weighted by Crippen LogP contribution is 2.09. The molecule has 0 spiro atoms. The maximum absolute atomic E-state index is 11.5. The lowest BCUT2D eigenvalue weighted by Crippen LogP contribution is -2.22. The van der Waals surface area contributed by atoms with Gasteiger partial charge in [-0.25, -0.2) is 9.78 Å². The third-order valence-corrected chi connectivity index (χ3v) is 2.53. The van der Waals surface area contributed by atoms with Crippen LogP contribution in [0.3, 0.4) is 0 Å². The lowest BCUT2D eigenvalue weighted by Gasteiger charge is -2.08. The number of thiol groups is 1. The van der Waals surface area contributed by atoms with Crippen LogP contribution in [0.15, 0.2) is 18.3 Å². The second-order valence-corrected chi connectivity index (χ2v) is 3.67. The van der Waals surface area contributed by atoms with E-state index in [0.29, 0.717) is 5.75 Å². The summed E-state index contributed by atoms with van der Waals surface area (Å²) < 4.78 is 0. The quantitative estimate of drug-likeness (QED) is 0.693. The summed E-state index contributed by atoms with van der Waals surface area (Å²) in [6.07, 6.45) is 1.34. The maximum atomic E-state index is 11.5. The molecule has 2 N–H and O–H groups in total. The van der Waals surface area contributed by atoms with Crippen molar-refractivity contribution in [2.45, 2.75) is 6.92 Å². The van der Waals surface area contributed by atoms with Gasteiger partial charge in [0.15, 0.2) is 0 Å². The maximum Gasteiger partial charge on any atom is 0.335 e. The number of amides is 1. The Kier molecular flexibility index (Phi) is 4.30. The molecule has 0 aliphatic carbocycles. The summed E-state index contributed by atoms with van der Waals surface area (Å²) in [7, 11) is 0. The molecule has 0 saturated carbocycles. The molecule has 16 heavy (non-hydrogen) atoms. The summed E-state index contributed by atoms with van der Waals surface area (Å²) in [4.78, 5) is 26.0. The molecule has 1 atom stereocenters. The lowest BCUT2D eigenvalue weighted by molar-refractivity contribution is -0.118. The van der Waals surface area contributed by atoms with Crippen molar-refractivity contribution in [1.82, 2.24) is 4.98 Å². The molecule has 86 valence electrons. The molecule has 0 aliphatic heterocycles. The molecule has 1 aromatic heterocycles. The summed E-state index contributed by atoms with van der Waals surface area (Å²) in [5, 5.41) is 11.3. The van der Waals surface area contributed by atoms with Crippen LogP contribution >= 0.6 is 12.6 Å². The fourth-order valence-corrected chi connectivity index (χ4v) is 1.13. The molecule has 1 rings (SSSR count). The van der Waals surface area contributed by atoms with Crippen LogP contribution in [-0.4, -0.2) is 27.7 Å². The number of carboxylic acids is 1. The Morgan fingerprint density at radius 1 is 1.62 bits per heavy atom. The number of hydrogen-bond acceptors (Lipinski definition) is 4. The van der Waals surface area contributed by atoms with E-state index in [-0.39, 0.29) is 23.2 Å². The van der Waals surface area contributed by atoms with Gasteiger partial charge in [-0.1, -0.05) is 6.92 Å². The van der Waals surface area contributed by atoms with Crippen LogP contribution < -0.4 is 5.32 Å². The fraction of sp³-hybridized carbons (Fsp3) is 0.300. The number of rotatable bonds is 4. The number of carboxylic acid groups (broad SMARTS) is 1. The molecule has 1 unspecified atom stereocenters. The van der Waals surface area contributed by atoms with Crippen LogP contribution in [-0.2, 0) is 4.79 Å². The van der Waals surface area contributed by atoms with Gasteiger partial charge >= 0.3 is 5.97 Å². The summed E-state index contributed by atoms with van der Waals surface area (Å²) in [5.74, 6) is -0.882. The molecule has 0 bridgehead atoms.